The van der Waals surface area contributed by atoms with Crippen molar-refractivity contribution >= 4 is 22.4 Å². The summed E-state index contributed by atoms with van der Waals surface area (Å²) < 4.78 is 12.7. The molecule has 0 saturated carbocycles. The lowest BCUT2D eigenvalue weighted by Crippen LogP contribution is -2.29. The Labute approximate surface area is 209 Å². The topological polar surface area (TPSA) is 97.6 Å². The lowest BCUT2D eigenvalue weighted by molar-refractivity contribution is 0.123. The van der Waals surface area contributed by atoms with Crippen molar-refractivity contribution in [1.82, 2.24) is 25.1 Å². The van der Waals surface area contributed by atoms with E-state index >= 15 is 0 Å². The van der Waals surface area contributed by atoms with Gasteiger partial charge in [0.2, 0.25) is 0 Å². The first-order chi connectivity index (χ1) is 17.5. The number of nitrogens with one attached hydrogen (secondary N) is 1. The molecule has 1 fully saturated rings. The molecule has 36 heavy (non-hydrogen) atoms. The summed E-state index contributed by atoms with van der Waals surface area (Å²) in [4.78, 5) is 11.5. The molecule has 0 aliphatic carbocycles. The van der Waals surface area contributed by atoms with Crippen LogP contribution in [0.25, 0.3) is 22.3 Å². The Morgan fingerprint density at radius 3 is 2.56 bits per heavy atom. The van der Waals surface area contributed by atoms with Gasteiger partial charge >= 0.3 is 0 Å². The van der Waals surface area contributed by atoms with Gasteiger partial charge in [0.25, 0.3) is 0 Å². The highest BCUT2D eigenvalue weighted by atomic mass is 16.5. The maximum Gasteiger partial charge on any atom is 0.139 e. The molecule has 0 radical (unpaired) electrons. The minimum Gasteiger partial charge on any atom is -0.497 e. The smallest absolute Gasteiger partial charge is 0.139 e. The number of aromatic nitrogens is 4. The monoisotopic (exact) mass is 484 g/mol. The Morgan fingerprint density at radius 2 is 1.89 bits per heavy atom. The first kappa shape index (κ1) is 23.6. The van der Waals surface area contributed by atoms with Gasteiger partial charge in [-0.25, -0.2) is 4.98 Å². The molecular weight excluding hydrogens is 456 g/mol. The highest BCUT2D eigenvalue weighted by molar-refractivity contribution is 5.83. The van der Waals surface area contributed by atoms with Crippen LogP contribution in [0.4, 0.5) is 11.4 Å². The lowest BCUT2D eigenvalue weighted by atomic mass is 10.0. The number of aryl methyl sites for hydroxylation is 1. The molecule has 9 heteroatoms. The van der Waals surface area contributed by atoms with E-state index in [0.717, 1.165) is 40.2 Å². The van der Waals surface area contributed by atoms with E-state index in [9.17, 15) is 5.11 Å². The number of β-amino-alcohol motifs (C(OH)–C–C–N with tert-alkyl or cyclic N) is 1. The second kappa shape index (κ2) is 9.85. The van der Waals surface area contributed by atoms with E-state index in [1.165, 1.54) is 0 Å². The number of anilines is 2. The molecule has 2 aromatic heterocycles. The molecule has 9 nitrogen and oxygen atoms in total. The van der Waals surface area contributed by atoms with Crippen LogP contribution in [0.5, 0.6) is 11.5 Å². The van der Waals surface area contributed by atoms with Crippen LogP contribution in [-0.4, -0.2) is 64.3 Å². The van der Waals surface area contributed by atoms with Crippen LogP contribution in [0, 0.1) is 11.8 Å². The van der Waals surface area contributed by atoms with Crippen molar-refractivity contribution in [1.29, 1.82) is 0 Å². The van der Waals surface area contributed by atoms with Crippen LogP contribution >= 0.6 is 0 Å². The van der Waals surface area contributed by atoms with Gasteiger partial charge in [0.1, 0.15) is 17.1 Å². The largest absolute Gasteiger partial charge is 0.497 e. The van der Waals surface area contributed by atoms with E-state index in [2.05, 4.69) is 27.2 Å². The zero-order chi connectivity index (χ0) is 25.1. The number of methoxy groups -OCH3 is 2. The fourth-order valence-electron chi connectivity index (χ4n) is 4.21. The third-order valence-electron chi connectivity index (χ3n) is 6.18. The van der Waals surface area contributed by atoms with E-state index in [4.69, 9.17) is 14.5 Å². The molecule has 0 spiro atoms. The van der Waals surface area contributed by atoms with Gasteiger partial charge in [-0.2, -0.15) is 5.10 Å². The van der Waals surface area contributed by atoms with E-state index in [1.807, 2.05) is 54.5 Å². The number of aliphatic hydroxyl groups is 1. The van der Waals surface area contributed by atoms with Crippen LogP contribution in [-0.2, 0) is 7.05 Å². The van der Waals surface area contributed by atoms with E-state index < -0.39 is 5.60 Å². The number of nitrogens with zero attached hydrogens (tertiary/aromatic N) is 5. The summed E-state index contributed by atoms with van der Waals surface area (Å²) in [6.45, 7) is 1.57. The molecule has 1 aliphatic rings. The maximum atomic E-state index is 10.7. The predicted octanol–water partition coefficient (Wildman–Crippen LogP) is 2.91. The predicted molar refractivity (Wildman–Crippen MR) is 139 cm³/mol. The first-order valence-corrected chi connectivity index (χ1v) is 11.7. The van der Waals surface area contributed by atoms with Gasteiger partial charge in [0.05, 0.1) is 49.9 Å². The van der Waals surface area contributed by atoms with Crippen molar-refractivity contribution in [3.63, 3.8) is 0 Å². The quantitative estimate of drug-likeness (QED) is 0.403. The molecule has 1 saturated heterocycles. The van der Waals surface area contributed by atoms with Gasteiger partial charge in [-0.1, -0.05) is 11.8 Å². The number of fused-ring (bicyclic) bond motifs is 1. The zero-order valence-electron chi connectivity index (χ0n) is 20.5. The number of hydrogen-bond acceptors (Lipinski definition) is 8. The summed E-state index contributed by atoms with van der Waals surface area (Å²) in [5, 5.41) is 18.1. The Balaban J connectivity index is 1.57. The lowest BCUT2D eigenvalue weighted by Gasteiger charge is -2.24. The molecule has 1 atom stereocenters. The molecule has 5 rings (SSSR count). The maximum absolute atomic E-state index is 10.7. The van der Waals surface area contributed by atoms with Crippen LogP contribution < -0.4 is 19.7 Å². The summed E-state index contributed by atoms with van der Waals surface area (Å²) in [6, 6.07) is 11.6. The fourth-order valence-corrected chi connectivity index (χ4v) is 4.21. The molecular formula is C27H28N6O3. The standard InChI is InChI=1S/C27H28N6O3/c1-32-17-19(15-30-32)26-16-29-24-6-5-20(13-25(24)31-26)33(10-4-7-27(34)8-9-28-18-27)21-11-22(35-2)14-23(12-21)36-3/h5-6,11-17,28,34H,8-10,18H2,1-3H3. The number of ether oxygens (including phenoxy) is 2. The number of hydrogen-bond donors (Lipinski definition) is 2. The van der Waals surface area contributed by atoms with Crippen LogP contribution in [0.1, 0.15) is 6.42 Å². The van der Waals surface area contributed by atoms with Crippen LogP contribution in [0.2, 0.25) is 0 Å². The first-order valence-electron chi connectivity index (χ1n) is 11.7. The molecule has 3 heterocycles. The summed E-state index contributed by atoms with van der Waals surface area (Å²) in [6.07, 6.45) is 6.04. The highest BCUT2D eigenvalue weighted by Gasteiger charge is 2.28. The van der Waals surface area contributed by atoms with Gasteiger partial charge < -0.3 is 24.8 Å². The Kier molecular flexibility index (Phi) is 6.46. The zero-order valence-corrected chi connectivity index (χ0v) is 20.5. The van der Waals surface area contributed by atoms with Crippen molar-refractivity contribution in [2.24, 2.45) is 7.05 Å². The van der Waals surface area contributed by atoms with Gasteiger partial charge in [0.15, 0.2) is 0 Å². The van der Waals surface area contributed by atoms with Gasteiger partial charge in [-0.3, -0.25) is 9.67 Å². The molecule has 2 aromatic carbocycles. The van der Waals surface area contributed by atoms with Gasteiger partial charge in [0, 0.05) is 61.3 Å². The number of benzene rings is 2. The normalized spacial score (nSPS) is 17.0. The van der Waals surface area contributed by atoms with Crippen LogP contribution in [0.3, 0.4) is 0 Å². The Morgan fingerprint density at radius 1 is 1.08 bits per heavy atom. The van der Waals surface area contributed by atoms with Crippen molar-refractivity contribution in [3.05, 3.63) is 55.0 Å². The minimum absolute atomic E-state index is 0.347. The summed E-state index contributed by atoms with van der Waals surface area (Å²) in [7, 11) is 5.11. The minimum atomic E-state index is -1.01. The van der Waals surface area contributed by atoms with Crippen molar-refractivity contribution in [2.45, 2.75) is 12.0 Å². The number of rotatable bonds is 6. The van der Waals surface area contributed by atoms with Crippen molar-refractivity contribution in [2.75, 3.05) is 38.8 Å². The SMILES string of the molecule is COc1cc(OC)cc(N(CC#CC2(O)CCNC2)c2ccc3ncc(-c4cnn(C)c4)nc3c2)c1. The molecule has 0 bridgehead atoms. The molecule has 184 valence electrons. The Bertz CT molecular complexity index is 1430. The van der Waals surface area contributed by atoms with Gasteiger partial charge in [-0.15, -0.1) is 0 Å². The molecule has 1 unspecified atom stereocenters. The Hall–Kier alpha value is -4.13. The van der Waals surface area contributed by atoms with Crippen molar-refractivity contribution in [3.8, 4) is 34.6 Å². The van der Waals surface area contributed by atoms with E-state index in [0.29, 0.717) is 31.0 Å². The molecule has 1 aliphatic heterocycles. The summed E-state index contributed by atoms with van der Waals surface area (Å²) in [5.74, 6) is 7.58. The third-order valence-corrected chi connectivity index (χ3v) is 6.18. The molecule has 0 amide bonds. The van der Waals surface area contributed by atoms with E-state index in [1.54, 1.807) is 31.3 Å². The molecule has 4 aromatic rings. The second-order valence-corrected chi connectivity index (χ2v) is 8.75. The van der Waals surface area contributed by atoms with Crippen molar-refractivity contribution < 1.29 is 14.6 Å². The second-order valence-electron chi connectivity index (χ2n) is 8.75. The summed E-state index contributed by atoms with van der Waals surface area (Å²) in [5.41, 5.74) is 3.89. The van der Waals surface area contributed by atoms with E-state index in [-0.39, 0.29) is 0 Å². The highest BCUT2D eigenvalue weighted by Crippen LogP contribution is 2.34. The van der Waals surface area contributed by atoms with Gasteiger partial charge in [-0.05, 0) is 24.7 Å². The average molecular weight is 485 g/mol. The molecule has 2 N–H and O–H groups in total. The summed E-state index contributed by atoms with van der Waals surface area (Å²) >= 11 is 0. The third kappa shape index (κ3) is 4.96. The fraction of sp³-hybridized carbons (Fsp3) is 0.296. The average Bonchev–Trinajstić information content (AvgIpc) is 3.54. The van der Waals surface area contributed by atoms with Crippen LogP contribution in [0.15, 0.2) is 55.0 Å².